The molecule has 0 atom stereocenters. The van der Waals surface area contributed by atoms with Crippen LogP contribution in [0.25, 0.3) is 6.08 Å². The molecule has 31 heavy (non-hydrogen) atoms. The molecule has 156 valence electrons. The average molecular weight is 417 g/mol. The Labute approximate surface area is 178 Å². The fourth-order valence-electron chi connectivity index (χ4n) is 3.24. The van der Waals surface area contributed by atoms with Gasteiger partial charge in [-0.3, -0.25) is 9.78 Å². The number of pyridine rings is 1. The summed E-state index contributed by atoms with van der Waals surface area (Å²) in [7, 11) is 3.00. The summed E-state index contributed by atoms with van der Waals surface area (Å²) >= 11 is 0. The van der Waals surface area contributed by atoms with Crippen LogP contribution in [0.15, 0.2) is 60.6 Å². The van der Waals surface area contributed by atoms with Gasteiger partial charge in [-0.2, -0.15) is 0 Å². The van der Waals surface area contributed by atoms with Crippen molar-refractivity contribution in [3.63, 3.8) is 0 Å². The van der Waals surface area contributed by atoms with E-state index < -0.39 is 5.97 Å². The predicted octanol–water partition coefficient (Wildman–Crippen LogP) is 4.24. The van der Waals surface area contributed by atoms with Crippen LogP contribution in [-0.4, -0.2) is 31.0 Å². The van der Waals surface area contributed by atoms with E-state index in [1.165, 1.54) is 20.3 Å². The standard InChI is InChI=1S/C24H19NO6/c1-14-7-19(30-24(27)16-9-17(28-2)11-18(10-16)29-3)12-20-22(14)23(26)21(31-20)8-15-5-4-6-25-13-15/h4-13H,1-3H3. The lowest BCUT2D eigenvalue weighted by Crippen LogP contribution is -2.09. The molecule has 7 heteroatoms. The Morgan fingerprint density at radius 3 is 2.42 bits per heavy atom. The second kappa shape index (κ2) is 8.31. The number of allylic oxidation sites excluding steroid dienone is 1. The van der Waals surface area contributed by atoms with E-state index in [0.29, 0.717) is 28.4 Å². The van der Waals surface area contributed by atoms with Crippen molar-refractivity contribution < 1.29 is 28.5 Å². The highest BCUT2D eigenvalue weighted by Crippen LogP contribution is 2.37. The number of esters is 1. The molecule has 0 aliphatic carbocycles. The molecule has 0 bridgehead atoms. The molecule has 2 aromatic carbocycles. The zero-order chi connectivity index (χ0) is 22.0. The number of hydrogen-bond acceptors (Lipinski definition) is 7. The van der Waals surface area contributed by atoms with E-state index >= 15 is 0 Å². The zero-order valence-electron chi connectivity index (χ0n) is 17.2. The number of hydrogen-bond donors (Lipinski definition) is 0. The topological polar surface area (TPSA) is 84.0 Å². The van der Waals surface area contributed by atoms with Crippen LogP contribution in [-0.2, 0) is 0 Å². The summed E-state index contributed by atoms with van der Waals surface area (Å²) < 4.78 is 21.7. The largest absolute Gasteiger partial charge is 0.497 e. The van der Waals surface area contributed by atoms with Gasteiger partial charge >= 0.3 is 5.97 Å². The maximum atomic E-state index is 12.8. The van der Waals surface area contributed by atoms with E-state index in [9.17, 15) is 9.59 Å². The van der Waals surface area contributed by atoms with E-state index in [1.54, 1.807) is 55.7 Å². The van der Waals surface area contributed by atoms with Crippen molar-refractivity contribution in [1.29, 1.82) is 0 Å². The zero-order valence-corrected chi connectivity index (χ0v) is 17.2. The third kappa shape index (κ3) is 4.11. The highest BCUT2D eigenvalue weighted by Gasteiger charge is 2.30. The molecule has 0 saturated heterocycles. The molecule has 0 amide bonds. The smallest absolute Gasteiger partial charge is 0.343 e. The number of Topliss-reactive ketones (excluding diaryl/α,β-unsaturated/α-hetero) is 1. The number of benzene rings is 2. The number of ketones is 1. The number of aromatic nitrogens is 1. The van der Waals surface area contributed by atoms with Crippen molar-refractivity contribution in [3.8, 4) is 23.0 Å². The summed E-state index contributed by atoms with van der Waals surface area (Å²) in [5, 5.41) is 0. The number of ether oxygens (including phenoxy) is 4. The van der Waals surface area contributed by atoms with Crippen molar-refractivity contribution in [2.24, 2.45) is 0 Å². The first-order valence-electron chi connectivity index (χ1n) is 9.42. The van der Waals surface area contributed by atoms with Gasteiger partial charge in [0.15, 0.2) is 5.76 Å². The highest BCUT2D eigenvalue weighted by atomic mass is 16.5. The Morgan fingerprint density at radius 1 is 1.03 bits per heavy atom. The van der Waals surface area contributed by atoms with Crippen LogP contribution in [0.5, 0.6) is 23.0 Å². The van der Waals surface area contributed by atoms with Crippen LogP contribution in [0, 0.1) is 6.92 Å². The van der Waals surface area contributed by atoms with E-state index in [0.717, 1.165) is 5.56 Å². The maximum Gasteiger partial charge on any atom is 0.343 e. The minimum Gasteiger partial charge on any atom is -0.497 e. The minimum atomic E-state index is -0.591. The molecule has 0 radical (unpaired) electrons. The van der Waals surface area contributed by atoms with Crippen LogP contribution in [0.3, 0.4) is 0 Å². The van der Waals surface area contributed by atoms with Crippen molar-refractivity contribution in [1.82, 2.24) is 4.98 Å². The van der Waals surface area contributed by atoms with E-state index in [1.807, 2.05) is 6.07 Å². The first-order valence-corrected chi connectivity index (χ1v) is 9.42. The summed E-state index contributed by atoms with van der Waals surface area (Å²) in [6, 6.07) is 11.5. The van der Waals surface area contributed by atoms with Crippen LogP contribution < -0.4 is 18.9 Å². The molecule has 1 aromatic heterocycles. The summed E-state index contributed by atoms with van der Waals surface area (Å²) in [4.78, 5) is 29.5. The summed E-state index contributed by atoms with van der Waals surface area (Å²) in [5.74, 6) is 0.904. The Hall–Kier alpha value is -4.13. The number of carbonyl (C=O) groups is 2. The monoisotopic (exact) mass is 417 g/mol. The van der Waals surface area contributed by atoms with Gasteiger partial charge in [-0.05, 0) is 48.4 Å². The van der Waals surface area contributed by atoms with Gasteiger partial charge in [-0.15, -0.1) is 0 Å². The number of aryl methyl sites for hydroxylation is 1. The number of rotatable bonds is 5. The number of methoxy groups -OCH3 is 2. The van der Waals surface area contributed by atoms with Crippen LogP contribution in [0.4, 0.5) is 0 Å². The number of nitrogens with zero attached hydrogens (tertiary/aromatic N) is 1. The van der Waals surface area contributed by atoms with Gasteiger partial charge in [-0.1, -0.05) is 6.07 Å². The van der Waals surface area contributed by atoms with E-state index in [4.69, 9.17) is 18.9 Å². The Kier molecular flexibility index (Phi) is 5.41. The second-order valence-corrected chi connectivity index (χ2v) is 6.83. The SMILES string of the molecule is COc1cc(OC)cc(C(=O)Oc2cc(C)c3c(c2)OC(=Cc2cccnc2)C3=O)c1. The van der Waals surface area contributed by atoms with Crippen molar-refractivity contribution >= 4 is 17.8 Å². The molecular formula is C24H19NO6. The Bertz CT molecular complexity index is 1180. The van der Waals surface area contributed by atoms with Crippen molar-refractivity contribution in [2.45, 2.75) is 6.92 Å². The van der Waals surface area contributed by atoms with Gasteiger partial charge in [-0.25, -0.2) is 4.79 Å². The quantitative estimate of drug-likeness (QED) is 0.349. The van der Waals surface area contributed by atoms with E-state index in [-0.39, 0.29) is 22.9 Å². The van der Waals surface area contributed by atoms with Crippen molar-refractivity contribution in [3.05, 3.63) is 82.9 Å². The van der Waals surface area contributed by atoms with Gasteiger partial charge < -0.3 is 18.9 Å². The molecule has 0 unspecified atom stereocenters. The highest BCUT2D eigenvalue weighted by molar-refractivity contribution is 6.15. The number of fused-ring (bicyclic) bond motifs is 1. The van der Waals surface area contributed by atoms with Crippen LogP contribution in [0.2, 0.25) is 0 Å². The third-order valence-electron chi connectivity index (χ3n) is 4.72. The molecule has 1 aliphatic rings. The maximum absolute atomic E-state index is 12.8. The molecular weight excluding hydrogens is 398 g/mol. The van der Waals surface area contributed by atoms with Crippen LogP contribution >= 0.6 is 0 Å². The first-order chi connectivity index (χ1) is 15.0. The minimum absolute atomic E-state index is 0.187. The lowest BCUT2D eigenvalue weighted by Gasteiger charge is -2.10. The second-order valence-electron chi connectivity index (χ2n) is 6.83. The van der Waals surface area contributed by atoms with Gasteiger partial charge in [0, 0.05) is 24.5 Å². The fraction of sp³-hybridized carbons (Fsp3) is 0.125. The van der Waals surface area contributed by atoms with Gasteiger partial charge in [0.2, 0.25) is 5.78 Å². The fourth-order valence-corrected chi connectivity index (χ4v) is 3.24. The summed E-state index contributed by atoms with van der Waals surface area (Å²) in [6.07, 6.45) is 4.91. The third-order valence-corrected chi connectivity index (χ3v) is 4.72. The molecule has 7 nitrogen and oxygen atoms in total. The van der Waals surface area contributed by atoms with Gasteiger partial charge in [0.25, 0.3) is 0 Å². The van der Waals surface area contributed by atoms with Gasteiger partial charge in [0.05, 0.1) is 25.3 Å². The van der Waals surface area contributed by atoms with E-state index in [2.05, 4.69) is 4.98 Å². The van der Waals surface area contributed by atoms with Crippen LogP contribution in [0.1, 0.15) is 31.8 Å². The number of carbonyl (C=O) groups excluding carboxylic acids is 2. The summed E-state index contributed by atoms with van der Waals surface area (Å²) in [5.41, 5.74) is 2.10. The van der Waals surface area contributed by atoms with Gasteiger partial charge in [0.1, 0.15) is 23.0 Å². The van der Waals surface area contributed by atoms with Crippen molar-refractivity contribution in [2.75, 3.05) is 14.2 Å². The molecule has 0 spiro atoms. The Balaban J connectivity index is 1.60. The first kappa shape index (κ1) is 20.2. The molecule has 0 N–H and O–H groups in total. The average Bonchev–Trinajstić information content (AvgIpc) is 3.09. The predicted molar refractivity (Wildman–Crippen MR) is 113 cm³/mol. The lowest BCUT2D eigenvalue weighted by atomic mass is 10.0. The molecule has 2 heterocycles. The molecule has 4 rings (SSSR count). The molecule has 0 fully saturated rings. The molecule has 1 aliphatic heterocycles. The normalized spacial score (nSPS) is 13.5. The Morgan fingerprint density at radius 2 is 1.77 bits per heavy atom. The lowest BCUT2D eigenvalue weighted by molar-refractivity contribution is 0.0733. The molecule has 3 aromatic rings. The summed E-state index contributed by atoms with van der Waals surface area (Å²) in [6.45, 7) is 1.76. The molecule has 0 saturated carbocycles.